The van der Waals surface area contributed by atoms with Crippen molar-refractivity contribution in [2.45, 2.75) is 19.8 Å². The zero-order chi connectivity index (χ0) is 15.1. The second-order valence-corrected chi connectivity index (χ2v) is 4.64. The van der Waals surface area contributed by atoms with E-state index < -0.39 is 5.91 Å². The largest absolute Gasteiger partial charge is 0.484 e. The van der Waals surface area contributed by atoms with Crippen LogP contribution in [-0.2, 0) is 9.59 Å². The number of carbonyl (C=O) groups is 2. The van der Waals surface area contributed by atoms with Gasteiger partial charge in [0, 0.05) is 6.42 Å². The van der Waals surface area contributed by atoms with Crippen molar-refractivity contribution in [3.05, 3.63) is 42.5 Å². The van der Waals surface area contributed by atoms with Crippen LogP contribution in [-0.4, -0.2) is 18.4 Å². The van der Waals surface area contributed by atoms with Crippen molar-refractivity contribution in [2.24, 2.45) is 0 Å². The lowest BCUT2D eigenvalue weighted by Crippen LogP contribution is -2.43. The van der Waals surface area contributed by atoms with Gasteiger partial charge in [0.2, 0.25) is 5.91 Å². The van der Waals surface area contributed by atoms with Crippen LogP contribution in [0.4, 0.5) is 0 Å². The van der Waals surface area contributed by atoms with Gasteiger partial charge >= 0.3 is 0 Å². The molecule has 0 spiro atoms. The minimum atomic E-state index is -0.396. The molecule has 110 valence electrons. The molecule has 0 aromatic heterocycles. The number of benzene rings is 2. The predicted molar refractivity (Wildman–Crippen MR) is 80.6 cm³/mol. The maximum absolute atomic E-state index is 11.5. The zero-order valence-electron chi connectivity index (χ0n) is 11.9. The third kappa shape index (κ3) is 4.49. The molecule has 2 rings (SSSR count). The van der Waals surface area contributed by atoms with Crippen molar-refractivity contribution in [3.63, 3.8) is 0 Å². The van der Waals surface area contributed by atoms with Gasteiger partial charge in [-0.1, -0.05) is 37.3 Å². The molecule has 21 heavy (non-hydrogen) atoms. The molecule has 0 heterocycles. The molecular weight excluding hydrogens is 268 g/mol. The highest BCUT2D eigenvalue weighted by Crippen LogP contribution is 2.20. The number of hydrogen-bond donors (Lipinski definition) is 2. The molecule has 0 saturated carbocycles. The van der Waals surface area contributed by atoms with E-state index in [2.05, 4.69) is 10.9 Å². The molecule has 2 aromatic carbocycles. The molecular formula is C16H18N2O3. The van der Waals surface area contributed by atoms with E-state index in [4.69, 9.17) is 4.74 Å². The monoisotopic (exact) mass is 286 g/mol. The van der Waals surface area contributed by atoms with Crippen LogP contribution < -0.4 is 15.6 Å². The first-order valence-electron chi connectivity index (χ1n) is 6.88. The molecule has 5 nitrogen and oxygen atoms in total. The fraction of sp³-hybridized carbons (Fsp3) is 0.250. The van der Waals surface area contributed by atoms with Crippen LogP contribution in [0.1, 0.15) is 19.8 Å². The van der Waals surface area contributed by atoms with Gasteiger partial charge in [-0.25, -0.2) is 0 Å². The summed E-state index contributed by atoms with van der Waals surface area (Å²) in [6.07, 6.45) is 1.11. The standard InChI is InChI=1S/C16H18N2O3/c1-2-5-15(19)17-18-16(20)11-21-14-9-8-12-6-3-4-7-13(12)10-14/h3-4,6-10H,2,5,11H2,1H3,(H,17,19)(H,18,20). The van der Waals surface area contributed by atoms with Crippen molar-refractivity contribution in [1.82, 2.24) is 10.9 Å². The van der Waals surface area contributed by atoms with Crippen LogP contribution in [0, 0.1) is 0 Å². The Bertz CT molecular complexity index is 640. The Morgan fingerprint density at radius 3 is 2.48 bits per heavy atom. The van der Waals surface area contributed by atoms with E-state index in [1.54, 1.807) is 0 Å². The van der Waals surface area contributed by atoms with Crippen LogP contribution in [0.2, 0.25) is 0 Å². The first kappa shape index (κ1) is 14.8. The summed E-state index contributed by atoms with van der Waals surface area (Å²) in [5.41, 5.74) is 4.64. The van der Waals surface area contributed by atoms with E-state index >= 15 is 0 Å². The second kappa shape index (κ2) is 7.28. The Morgan fingerprint density at radius 2 is 1.71 bits per heavy atom. The number of ether oxygens (including phenoxy) is 1. The number of carbonyl (C=O) groups excluding carboxylic acids is 2. The van der Waals surface area contributed by atoms with Gasteiger partial charge in [0.1, 0.15) is 5.75 Å². The van der Waals surface area contributed by atoms with Crippen molar-refractivity contribution in [1.29, 1.82) is 0 Å². The van der Waals surface area contributed by atoms with Crippen LogP contribution in [0.25, 0.3) is 10.8 Å². The number of hydrazine groups is 1. The molecule has 2 aromatic rings. The number of hydrogen-bond acceptors (Lipinski definition) is 3. The number of rotatable bonds is 5. The summed E-state index contributed by atoms with van der Waals surface area (Å²) >= 11 is 0. The summed E-state index contributed by atoms with van der Waals surface area (Å²) in [5.74, 6) is 0.00732. The quantitative estimate of drug-likeness (QED) is 0.828. The van der Waals surface area contributed by atoms with E-state index in [1.165, 1.54) is 0 Å². The van der Waals surface area contributed by atoms with Crippen molar-refractivity contribution >= 4 is 22.6 Å². The molecule has 5 heteroatoms. The van der Waals surface area contributed by atoms with Gasteiger partial charge in [-0.15, -0.1) is 0 Å². The molecule has 0 bridgehead atoms. The van der Waals surface area contributed by atoms with E-state index in [-0.39, 0.29) is 12.5 Å². The van der Waals surface area contributed by atoms with Crippen molar-refractivity contribution in [3.8, 4) is 5.75 Å². The normalized spacial score (nSPS) is 10.1. The average molecular weight is 286 g/mol. The van der Waals surface area contributed by atoms with Crippen LogP contribution in [0.15, 0.2) is 42.5 Å². The summed E-state index contributed by atoms with van der Waals surface area (Å²) in [4.78, 5) is 22.7. The fourth-order valence-electron chi connectivity index (χ4n) is 1.87. The topological polar surface area (TPSA) is 67.4 Å². The third-order valence-electron chi connectivity index (χ3n) is 2.91. The average Bonchev–Trinajstić information content (AvgIpc) is 2.51. The van der Waals surface area contributed by atoms with Gasteiger partial charge < -0.3 is 4.74 Å². The van der Waals surface area contributed by atoms with Gasteiger partial charge in [-0.3, -0.25) is 20.4 Å². The summed E-state index contributed by atoms with van der Waals surface area (Å²) in [5, 5.41) is 2.16. The summed E-state index contributed by atoms with van der Waals surface area (Å²) in [6.45, 7) is 1.75. The smallest absolute Gasteiger partial charge is 0.276 e. The second-order valence-electron chi connectivity index (χ2n) is 4.64. The van der Waals surface area contributed by atoms with Gasteiger partial charge in [-0.2, -0.15) is 0 Å². The zero-order valence-corrected chi connectivity index (χ0v) is 11.9. The Hall–Kier alpha value is -2.56. The molecule has 2 N–H and O–H groups in total. The van der Waals surface area contributed by atoms with Gasteiger partial charge in [0.05, 0.1) is 0 Å². The maximum Gasteiger partial charge on any atom is 0.276 e. The molecule has 2 amide bonds. The summed E-state index contributed by atoms with van der Waals surface area (Å²) in [7, 11) is 0. The highest BCUT2D eigenvalue weighted by molar-refractivity contribution is 5.84. The van der Waals surface area contributed by atoms with E-state index in [1.807, 2.05) is 49.4 Å². The minimum absolute atomic E-state index is 0.148. The van der Waals surface area contributed by atoms with Gasteiger partial charge in [0.15, 0.2) is 6.61 Å². The maximum atomic E-state index is 11.5. The molecule has 0 aliphatic rings. The number of amides is 2. The van der Waals surface area contributed by atoms with Crippen LogP contribution in [0.3, 0.4) is 0 Å². The van der Waals surface area contributed by atoms with E-state index in [9.17, 15) is 9.59 Å². The molecule has 0 saturated heterocycles. The Balaban J connectivity index is 1.83. The lowest BCUT2D eigenvalue weighted by Gasteiger charge is -2.09. The van der Waals surface area contributed by atoms with Crippen molar-refractivity contribution in [2.75, 3.05) is 6.61 Å². The molecule has 0 unspecified atom stereocenters. The summed E-state index contributed by atoms with van der Waals surface area (Å²) < 4.78 is 5.40. The Labute approximate surface area is 123 Å². The highest BCUT2D eigenvalue weighted by Gasteiger charge is 2.05. The van der Waals surface area contributed by atoms with E-state index in [0.29, 0.717) is 12.2 Å². The molecule has 0 radical (unpaired) electrons. The Morgan fingerprint density at radius 1 is 1.00 bits per heavy atom. The molecule has 0 aliphatic heterocycles. The number of fused-ring (bicyclic) bond motifs is 1. The Kier molecular flexibility index (Phi) is 5.15. The SMILES string of the molecule is CCCC(=O)NNC(=O)COc1ccc2ccccc2c1. The molecule has 0 fully saturated rings. The molecule has 0 atom stereocenters. The minimum Gasteiger partial charge on any atom is -0.484 e. The fourth-order valence-corrected chi connectivity index (χ4v) is 1.87. The van der Waals surface area contributed by atoms with Gasteiger partial charge in [0.25, 0.3) is 5.91 Å². The highest BCUT2D eigenvalue weighted by atomic mass is 16.5. The first-order valence-corrected chi connectivity index (χ1v) is 6.88. The lowest BCUT2D eigenvalue weighted by molar-refractivity contribution is -0.130. The first-order chi connectivity index (χ1) is 10.2. The lowest BCUT2D eigenvalue weighted by atomic mass is 10.1. The number of nitrogens with one attached hydrogen (secondary N) is 2. The van der Waals surface area contributed by atoms with Gasteiger partial charge in [-0.05, 0) is 29.3 Å². The van der Waals surface area contributed by atoms with Crippen LogP contribution >= 0.6 is 0 Å². The third-order valence-corrected chi connectivity index (χ3v) is 2.91. The van der Waals surface area contributed by atoms with E-state index in [0.717, 1.165) is 17.2 Å². The summed E-state index contributed by atoms with van der Waals surface area (Å²) in [6, 6.07) is 13.5. The van der Waals surface area contributed by atoms with Crippen LogP contribution in [0.5, 0.6) is 5.75 Å². The molecule has 0 aliphatic carbocycles. The predicted octanol–water partition coefficient (Wildman–Crippen LogP) is 2.17. The van der Waals surface area contributed by atoms with Crippen molar-refractivity contribution < 1.29 is 14.3 Å².